The molecule has 0 spiro atoms. The summed E-state index contributed by atoms with van der Waals surface area (Å²) >= 11 is 1.69. The van der Waals surface area contributed by atoms with Crippen LogP contribution in [0.25, 0.3) is 10.9 Å². The number of benzene rings is 1. The molecule has 1 heterocycles. The first-order valence-electron chi connectivity index (χ1n) is 5.84. The Kier molecular flexibility index (Phi) is 4.28. The molecule has 1 aromatic heterocycles. The van der Waals surface area contributed by atoms with Crippen LogP contribution in [0.3, 0.4) is 0 Å². The minimum Gasteiger partial charge on any atom is -0.361 e. The van der Waals surface area contributed by atoms with Crippen LogP contribution in [-0.2, 0) is 4.79 Å². The van der Waals surface area contributed by atoms with E-state index in [1.165, 1.54) is 0 Å². The average molecular weight is 263 g/mol. The summed E-state index contributed by atoms with van der Waals surface area (Å²) in [6, 6.07) is 7.25. The molecule has 4 N–H and O–H groups in total. The predicted molar refractivity (Wildman–Crippen MR) is 77.9 cm³/mol. The van der Waals surface area contributed by atoms with E-state index in [1.54, 1.807) is 11.8 Å². The van der Waals surface area contributed by atoms with Crippen LogP contribution in [0.15, 0.2) is 30.5 Å². The van der Waals surface area contributed by atoms with E-state index in [0.29, 0.717) is 6.42 Å². The van der Waals surface area contributed by atoms with Crippen molar-refractivity contribution in [3.8, 4) is 0 Å². The van der Waals surface area contributed by atoms with Crippen molar-refractivity contribution < 1.29 is 4.79 Å². The zero-order valence-electron chi connectivity index (χ0n) is 10.3. The van der Waals surface area contributed by atoms with E-state index >= 15 is 0 Å². The number of nitrogens with one attached hydrogen (secondary N) is 2. The lowest BCUT2D eigenvalue weighted by Gasteiger charge is -2.12. The van der Waals surface area contributed by atoms with E-state index in [0.717, 1.165) is 22.3 Å². The Morgan fingerprint density at radius 2 is 2.33 bits per heavy atom. The van der Waals surface area contributed by atoms with Gasteiger partial charge in [-0.3, -0.25) is 4.79 Å². The molecule has 1 amide bonds. The van der Waals surface area contributed by atoms with Gasteiger partial charge in [0.25, 0.3) is 0 Å². The highest BCUT2D eigenvalue weighted by atomic mass is 32.2. The maximum Gasteiger partial charge on any atom is 0.241 e. The lowest BCUT2D eigenvalue weighted by Crippen LogP contribution is -2.36. The highest BCUT2D eigenvalue weighted by molar-refractivity contribution is 7.98. The molecular formula is C13H17N3OS. The molecule has 0 bridgehead atoms. The summed E-state index contributed by atoms with van der Waals surface area (Å²) in [5.41, 5.74) is 7.65. The van der Waals surface area contributed by atoms with Crippen LogP contribution >= 0.6 is 11.8 Å². The number of carbonyl (C=O) groups is 1. The van der Waals surface area contributed by atoms with E-state index in [4.69, 9.17) is 5.73 Å². The number of H-pyrrole nitrogens is 1. The molecule has 0 aliphatic rings. The van der Waals surface area contributed by atoms with E-state index in [9.17, 15) is 4.79 Å². The zero-order valence-corrected chi connectivity index (χ0v) is 11.1. The number of rotatable bonds is 5. The summed E-state index contributed by atoms with van der Waals surface area (Å²) in [4.78, 5) is 15.0. The van der Waals surface area contributed by atoms with Crippen LogP contribution in [0.4, 0.5) is 5.69 Å². The minimum atomic E-state index is -0.452. The Bertz CT molecular complexity index is 538. The van der Waals surface area contributed by atoms with Gasteiger partial charge in [0.2, 0.25) is 5.91 Å². The van der Waals surface area contributed by atoms with Crippen LogP contribution in [0.5, 0.6) is 0 Å². The van der Waals surface area contributed by atoms with Gasteiger partial charge < -0.3 is 16.0 Å². The van der Waals surface area contributed by atoms with Gasteiger partial charge in [-0.25, -0.2) is 0 Å². The number of fused-ring (bicyclic) bond motifs is 1. The molecule has 96 valence electrons. The van der Waals surface area contributed by atoms with Crippen LogP contribution < -0.4 is 11.1 Å². The summed E-state index contributed by atoms with van der Waals surface area (Å²) in [7, 11) is 0. The second kappa shape index (κ2) is 5.93. The number of anilines is 1. The van der Waals surface area contributed by atoms with E-state index < -0.39 is 6.04 Å². The first-order valence-corrected chi connectivity index (χ1v) is 7.23. The van der Waals surface area contributed by atoms with Crippen molar-refractivity contribution in [3.63, 3.8) is 0 Å². The number of hydrogen-bond acceptors (Lipinski definition) is 3. The van der Waals surface area contributed by atoms with E-state index in [2.05, 4.69) is 10.3 Å². The van der Waals surface area contributed by atoms with Crippen molar-refractivity contribution in [2.75, 3.05) is 17.3 Å². The first-order chi connectivity index (χ1) is 8.72. The van der Waals surface area contributed by atoms with Crippen molar-refractivity contribution in [2.24, 2.45) is 5.73 Å². The van der Waals surface area contributed by atoms with Gasteiger partial charge in [-0.1, -0.05) is 6.07 Å². The number of aromatic nitrogens is 1. The third-order valence-corrected chi connectivity index (χ3v) is 3.47. The maximum absolute atomic E-state index is 11.9. The molecule has 0 radical (unpaired) electrons. The van der Waals surface area contributed by atoms with Crippen LogP contribution in [0.2, 0.25) is 0 Å². The summed E-state index contributed by atoms with van der Waals surface area (Å²) in [5.74, 6) is 0.765. The fraction of sp³-hybridized carbons (Fsp3) is 0.308. The number of hydrogen-bond donors (Lipinski definition) is 3. The summed E-state index contributed by atoms with van der Waals surface area (Å²) in [6.07, 6.45) is 4.55. The number of nitrogens with two attached hydrogens (primary N) is 1. The Hall–Kier alpha value is -1.46. The highest BCUT2D eigenvalue weighted by Crippen LogP contribution is 2.22. The molecule has 5 heteroatoms. The molecule has 0 aliphatic carbocycles. The molecule has 2 rings (SSSR count). The maximum atomic E-state index is 11.9. The second-order valence-electron chi connectivity index (χ2n) is 4.12. The standard InChI is InChI=1S/C13H17N3OS/c1-18-8-6-10(14)13(17)16-12-4-2-3-11-9(12)5-7-15-11/h2-5,7,10,15H,6,8,14H2,1H3,(H,16,17)/t10-/m0/s1. The largest absolute Gasteiger partial charge is 0.361 e. The average Bonchev–Trinajstić information content (AvgIpc) is 2.85. The van der Waals surface area contributed by atoms with Gasteiger partial charge in [-0.15, -0.1) is 0 Å². The van der Waals surface area contributed by atoms with Crippen molar-refractivity contribution in [1.82, 2.24) is 4.98 Å². The van der Waals surface area contributed by atoms with Gasteiger partial charge in [0.15, 0.2) is 0 Å². The second-order valence-corrected chi connectivity index (χ2v) is 5.11. The highest BCUT2D eigenvalue weighted by Gasteiger charge is 2.14. The SMILES string of the molecule is CSCC[C@H](N)C(=O)Nc1cccc2[nH]ccc12. The minimum absolute atomic E-state index is 0.127. The lowest BCUT2D eigenvalue weighted by molar-refractivity contribution is -0.117. The van der Waals surface area contributed by atoms with Gasteiger partial charge >= 0.3 is 0 Å². The molecule has 0 saturated carbocycles. The third kappa shape index (κ3) is 2.86. The molecule has 0 fully saturated rings. The van der Waals surface area contributed by atoms with Crippen molar-refractivity contribution in [3.05, 3.63) is 30.5 Å². The zero-order chi connectivity index (χ0) is 13.0. The monoisotopic (exact) mass is 263 g/mol. The van der Waals surface area contributed by atoms with Crippen LogP contribution in [0, 0.1) is 0 Å². The van der Waals surface area contributed by atoms with Crippen molar-refractivity contribution in [1.29, 1.82) is 0 Å². The Labute approximate surface area is 110 Å². The van der Waals surface area contributed by atoms with Crippen LogP contribution in [-0.4, -0.2) is 28.9 Å². The Morgan fingerprint density at radius 3 is 3.11 bits per heavy atom. The Morgan fingerprint density at radius 1 is 1.50 bits per heavy atom. The van der Waals surface area contributed by atoms with Crippen molar-refractivity contribution >= 4 is 34.3 Å². The van der Waals surface area contributed by atoms with Gasteiger partial charge in [0.1, 0.15) is 0 Å². The first kappa shape index (κ1) is 13.0. The molecule has 4 nitrogen and oxygen atoms in total. The molecule has 0 aliphatic heterocycles. The van der Waals surface area contributed by atoms with Gasteiger partial charge in [0, 0.05) is 17.1 Å². The number of carbonyl (C=O) groups excluding carboxylic acids is 1. The number of thioether (sulfide) groups is 1. The summed E-state index contributed by atoms with van der Waals surface area (Å²) in [6.45, 7) is 0. The quantitative estimate of drug-likeness (QED) is 0.774. The van der Waals surface area contributed by atoms with Gasteiger partial charge in [-0.2, -0.15) is 11.8 Å². The lowest BCUT2D eigenvalue weighted by atomic mass is 10.2. The molecule has 1 atom stereocenters. The fourth-order valence-corrected chi connectivity index (χ4v) is 2.29. The smallest absolute Gasteiger partial charge is 0.241 e. The third-order valence-electron chi connectivity index (χ3n) is 2.82. The van der Waals surface area contributed by atoms with E-state index in [-0.39, 0.29) is 5.91 Å². The topological polar surface area (TPSA) is 70.9 Å². The normalized spacial score (nSPS) is 12.6. The molecule has 1 aromatic carbocycles. The Balaban J connectivity index is 2.09. The van der Waals surface area contributed by atoms with E-state index in [1.807, 2.05) is 36.7 Å². The van der Waals surface area contributed by atoms with Crippen LogP contribution in [0.1, 0.15) is 6.42 Å². The summed E-state index contributed by atoms with van der Waals surface area (Å²) in [5, 5.41) is 3.89. The van der Waals surface area contributed by atoms with Gasteiger partial charge in [0.05, 0.1) is 11.7 Å². The number of aromatic amines is 1. The molecular weight excluding hydrogens is 246 g/mol. The number of amides is 1. The molecule has 0 unspecified atom stereocenters. The predicted octanol–water partition coefficient (Wildman–Crippen LogP) is 2.19. The molecule has 18 heavy (non-hydrogen) atoms. The fourth-order valence-electron chi connectivity index (χ4n) is 1.80. The molecule has 0 saturated heterocycles. The van der Waals surface area contributed by atoms with Gasteiger partial charge in [-0.05, 0) is 36.6 Å². The molecule has 2 aromatic rings. The summed E-state index contributed by atoms with van der Waals surface area (Å²) < 4.78 is 0. The van der Waals surface area contributed by atoms with Crippen molar-refractivity contribution in [2.45, 2.75) is 12.5 Å².